The topological polar surface area (TPSA) is 49.8 Å². The number of benzene rings is 1. The molecule has 2 aromatic rings. The normalized spacial score (nSPS) is 11.6. The molecule has 1 aromatic heterocycles. The first-order valence-electron chi connectivity index (χ1n) is 8.06. The summed E-state index contributed by atoms with van der Waals surface area (Å²) in [4.78, 5) is 7.64. The number of rotatable bonds is 8. The molecule has 0 unspecified atom stereocenters. The molecule has 0 radical (unpaired) electrons. The molecule has 0 saturated carbocycles. The number of aromatic nitrogens is 2. The predicted molar refractivity (Wildman–Crippen MR) is 93.0 cm³/mol. The molecule has 0 bridgehead atoms. The first-order valence-corrected chi connectivity index (χ1v) is 8.44. The van der Waals surface area contributed by atoms with Crippen LogP contribution in [-0.2, 0) is 12.7 Å². The van der Waals surface area contributed by atoms with Crippen molar-refractivity contribution >= 4 is 23.2 Å². The van der Waals surface area contributed by atoms with Crippen LogP contribution >= 0.6 is 11.6 Å². The molecule has 25 heavy (non-hydrogen) atoms. The molecule has 2 N–H and O–H groups in total. The zero-order chi connectivity index (χ0) is 18.3. The number of halogens is 4. The van der Waals surface area contributed by atoms with E-state index in [1.165, 1.54) is 6.20 Å². The summed E-state index contributed by atoms with van der Waals surface area (Å²) in [7, 11) is 0. The van der Waals surface area contributed by atoms with Crippen molar-refractivity contribution in [1.29, 1.82) is 0 Å². The van der Waals surface area contributed by atoms with Gasteiger partial charge in [-0.3, -0.25) is 0 Å². The third-order valence-corrected chi connectivity index (χ3v) is 3.72. The quantitative estimate of drug-likeness (QED) is 0.627. The third-order valence-electron chi connectivity index (χ3n) is 3.49. The number of hydrogen-bond donors (Lipinski definition) is 2. The lowest BCUT2D eigenvalue weighted by molar-refractivity contribution is -0.141. The van der Waals surface area contributed by atoms with E-state index < -0.39 is 11.9 Å². The van der Waals surface area contributed by atoms with Crippen LogP contribution in [0.2, 0.25) is 5.02 Å². The van der Waals surface area contributed by atoms with Gasteiger partial charge in [-0.1, -0.05) is 37.4 Å². The number of hydrogen-bond acceptors (Lipinski definition) is 4. The fourth-order valence-electron chi connectivity index (χ4n) is 2.26. The Morgan fingerprint density at radius 2 is 2.00 bits per heavy atom. The van der Waals surface area contributed by atoms with Crippen LogP contribution in [0.4, 0.5) is 24.8 Å². The van der Waals surface area contributed by atoms with Gasteiger partial charge in [0, 0.05) is 29.0 Å². The van der Waals surface area contributed by atoms with E-state index in [1.54, 1.807) is 24.3 Å². The van der Waals surface area contributed by atoms with Crippen LogP contribution in [0.15, 0.2) is 30.5 Å². The van der Waals surface area contributed by atoms with Crippen molar-refractivity contribution in [2.24, 2.45) is 0 Å². The molecule has 0 aliphatic rings. The summed E-state index contributed by atoms with van der Waals surface area (Å²) >= 11 is 5.86. The second kappa shape index (κ2) is 9.01. The van der Waals surface area contributed by atoms with E-state index in [4.69, 9.17) is 11.6 Å². The molecule has 1 aromatic carbocycles. The largest absolute Gasteiger partial charge is 0.433 e. The van der Waals surface area contributed by atoms with Crippen LogP contribution < -0.4 is 10.6 Å². The lowest BCUT2D eigenvalue weighted by Crippen LogP contribution is -2.20. The standard InChI is InChI=1S/C17H20ClF3N4/c1-2-3-4-8-22-10-12-11-23-16(25-15(12)17(19,20)21)24-14-7-5-6-13(18)9-14/h5-7,9,11,22H,2-4,8,10H2,1H3,(H,23,24,25). The molecule has 2 rings (SSSR count). The number of unbranched alkanes of at least 4 members (excludes halogenated alkanes) is 2. The molecule has 0 spiro atoms. The van der Waals surface area contributed by atoms with E-state index in [1.807, 2.05) is 0 Å². The summed E-state index contributed by atoms with van der Waals surface area (Å²) in [6, 6.07) is 6.61. The zero-order valence-electron chi connectivity index (χ0n) is 13.8. The molecule has 8 heteroatoms. The fraction of sp³-hybridized carbons (Fsp3) is 0.412. The predicted octanol–water partition coefficient (Wildman–Crippen LogP) is 5.17. The van der Waals surface area contributed by atoms with E-state index in [0.29, 0.717) is 17.3 Å². The van der Waals surface area contributed by atoms with Crippen LogP contribution in [0.25, 0.3) is 0 Å². The van der Waals surface area contributed by atoms with Crippen molar-refractivity contribution in [3.63, 3.8) is 0 Å². The van der Waals surface area contributed by atoms with Crippen molar-refractivity contribution < 1.29 is 13.2 Å². The molecule has 0 aliphatic carbocycles. The van der Waals surface area contributed by atoms with Crippen LogP contribution in [0, 0.1) is 0 Å². The van der Waals surface area contributed by atoms with Crippen LogP contribution in [0.3, 0.4) is 0 Å². The molecule has 0 fully saturated rings. The first-order chi connectivity index (χ1) is 11.9. The van der Waals surface area contributed by atoms with E-state index in [0.717, 1.165) is 19.3 Å². The van der Waals surface area contributed by atoms with Crippen LogP contribution in [0.1, 0.15) is 37.4 Å². The minimum absolute atomic E-state index is 0.0284. The number of nitrogens with zero attached hydrogens (tertiary/aromatic N) is 2. The van der Waals surface area contributed by atoms with Crippen molar-refractivity contribution in [2.45, 2.75) is 38.9 Å². The molecule has 4 nitrogen and oxygen atoms in total. The Labute approximate surface area is 149 Å². The highest BCUT2D eigenvalue weighted by atomic mass is 35.5. The molecule has 0 aliphatic heterocycles. The fourth-order valence-corrected chi connectivity index (χ4v) is 2.45. The number of anilines is 2. The highest BCUT2D eigenvalue weighted by molar-refractivity contribution is 6.30. The van der Waals surface area contributed by atoms with Gasteiger partial charge >= 0.3 is 6.18 Å². The van der Waals surface area contributed by atoms with Crippen molar-refractivity contribution in [2.75, 3.05) is 11.9 Å². The average Bonchev–Trinajstić information content (AvgIpc) is 2.55. The molecule has 0 amide bonds. The maximum atomic E-state index is 13.3. The zero-order valence-corrected chi connectivity index (χ0v) is 14.6. The van der Waals surface area contributed by atoms with Gasteiger partial charge in [0.1, 0.15) is 0 Å². The first kappa shape index (κ1) is 19.5. The molecule has 0 atom stereocenters. The van der Waals surface area contributed by atoms with Gasteiger partial charge in [-0.15, -0.1) is 0 Å². The van der Waals surface area contributed by atoms with Crippen molar-refractivity contribution in [1.82, 2.24) is 15.3 Å². The Kier molecular flexibility index (Phi) is 7.01. The Balaban J connectivity index is 2.13. The minimum atomic E-state index is -4.55. The lowest BCUT2D eigenvalue weighted by atomic mass is 10.2. The van der Waals surface area contributed by atoms with Crippen molar-refractivity contribution in [3.05, 3.63) is 46.7 Å². The van der Waals surface area contributed by atoms with Gasteiger partial charge in [-0.25, -0.2) is 9.97 Å². The van der Waals surface area contributed by atoms with E-state index >= 15 is 0 Å². The molecular formula is C17H20ClF3N4. The third kappa shape index (κ3) is 6.17. The van der Waals surface area contributed by atoms with Gasteiger partial charge in [0.25, 0.3) is 0 Å². The van der Waals surface area contributed by atoms with Gasteiger partial charge in [0.05, 0.1) is 0 Å². The van der Waals surface area contributed by atoms with E-state index in [9.17, 15) is 13.2 Å². The van der Waals surface area contributed by atoms with Gasteiger partial charge in [-0.05, 0) is 31.2 Å². The van der Waals surface area contributed by atoms with Crippen LogP contribution in [-0.4, -0.2) is 16.5 Å². The highest BCUT2D eigenvalue weighted by Crippen LogP contribution is 2.31. The molecule has 136 valence electrons. The lowest BCUT2D eigenvalue weighted by Gasteiger charge is -2.14. The van der Waals surface area contributed by atoms with Crippen molar-refractivity contribution in [3.8, 4) is 0 Å². The molecular weight excluding hydrogens is 353 g/mol. The monoisotopic (exact) mass is 372 g/mol. The van der Waals surface area contributed by atoms with Gasteiger partial charge in [0.2, 0.25) is 5.95 Å². The Morgan fingerprint density at radius 1 is 1.20 bits per heavy atom. The second-order valence-electron chi connectivity index (χ2n) is 5.58. The molecule has 0 saturated heterocycles. The maximum Gasteiger partial charge on any atom is 0.433 e. The maximum absolute atomic E-state index is 13.3. The van der Waals surface area contributed by atoms with Gasteiger partial charge in [-0.2, -0.15) is 13.2 Å². The van der Waals surface area contributed by atoms with E-state index in [-0.39, 0.29) is 18.1 Å². The van der Waals surface area contributed by atoms with Gasteiger partial charge < -0.3 is 10.6 Å². The Hall–Kier alpha value is -1.86. The minimum Gasteiger partial charge on any atom is -0.324 e. The number of alkyl halides is 3. The van der Waals surface area contributed by atoms with Crippen LogP contribution in [0.5, 0.6) is 0 Å². The number of nitrogens with one attached hydrogen (secondary N) is 2. The molecule has 1 heterocycles. The summed E-state index contributed by atoms with van der Waals surface area (Å²) in [5, 5.41) is 6.22. The summed E-state index contributed by atoms with van der Waals surface area (Å²) in [6.07, 6.45) is -0.322. The van der Waals surface area contributed by atoms with E-state index in [2.05, 4.69) is 27.5 Å². The smallest absolute Gasteiger partial charge is 0.324 e. The summed E-state index contributed by atoms with van der Waals surface area (Å²) in [5.41, 5.74) is -0.387. The summed E-state index contributed by atoms with van der Waals surface area (Å²) < 4.78 is 39.9. The second-order valence-corrected chi connectivity index (χ2v) is 6.02. The summed E-state index contributed by atoms with van der Waals surface area (Å²) in [5.74, 6) is -0.121. The average molecular weight is 373 g/mol. The highest BCUT2D eigenvalue weighted by Gasteiger charge is 2.36. The Bertz CT molecular complexity index is 692. The Morgan fingerprint density at radius 3 is 2.68 bits per heavy atom. The summed E-state index contributed by atoms with van der Waals surface area (Å²) in [6.45, 7) is 2.81. The SMILES string of the molecule is CCCCCNCc1cnc(Nc2cccc(Cl)c2)nc1C(F)(F)F. The van der Waals surface area contributed by atoms with Gasteiger partial charge in [0.15, 0.2) is 5.69 Å².